The number of carbonyl (C=O) groups is 2. The highest BCUT2D eigenvalue weighted by molar-refractivity contribution is 5.76. The van der Waals surface area contributed by atoms with Crippen molar-refractivity contribution in [3.05, 3.63) is 36.5 Å². The van der Waals surface area contributed by atoms with Crippen LogP contribution in [0.5, 0.6) is 0 Å². The molecule has 1 amide bonds. The second-order valence-corrected chi connectivity index (χ2v) is 18.9. The Morgan fingerprint density at radius 2 is 0.810 bits per heavy atom. The number of unbranched alkanes of at least 4 members (excludes halogenated alkanes) is 34. The summed E-state index contributed by atoms with van der Waals surface area (Å²) < 4.78 is 5.43. The van der Waals surface area contributed by atoms with Crippen LogP contribution in [0.3, 0.4) is 0 Å². The SMILES string of the molecule is CCCC/C=C\C/C=C\CCCCCCCC(=O)OCCCC/C=C\CCCCCCCC(=O)NC(CO)C(O)CCCCCCCCCCCCCCCCCCCCCCC. The minimum absolute atomic E-state index is 0.0456. The Morgan fingerprint density at radius 3 is 1.27 bits per heavy atom. The van der Waals surface area contributed by atoms with Crippen LogP contribution in [0.25, 0.3) is 0 Å². The Bertz CT molecular complexity index is 1020. The molecule has 6 nitrogen and oxygen atoms in total. The summed E-state index contributed by atoms with van der Waals surface area (Å²) >= 11 is 0. The van der Waals surface area contributed by atoms with Crippen LogP contribution >= 0.6 is 0 Å². The summed E-state index contributed by atoms with van der Waals surface area (Å²) in [5, 5.41) is 23.3. The van der Waals surface area contributed by atoms with Crippen LogP contribution in [0.15, 0.2) is 36.5 Å². The molecule has 2 atom stereocenters. The average molecular weight is 886 g/mol. The van der Waals surface area contributed by atoms with Gasteiger partial charge in [-0.2, -0.15) is 0 Å². The average Bonchev–Trinajstić information content (AvgIpc) is 3.28. The van der Waals surface area contributed by atoms with Crippen molar-refractivity contribution >= 4 is 11.9 Å². The van der Waals surface area contributed by atoms with E-state index in [1.54, 1.807) is 0 Å². The van der Waals surface area contributed by atoms with Gasteiger partial charge in [-0.05, 0) is 77.0 Å². The highest BCUT2D eigenvalue weighted by Crippen LogP contribution is 2.17. The number of hydrogen-bond donors (Lipinski definition) is 3. The normalized spacial score (nSPS) is 12.9. The summed E-state index contributed by atoms with van der Waals surface area (Å²) in [7, 11) is 0. The molecule has 0 saturated carbocycles. The van der Waals surface area contributed by atoms with Gasteiger partial charge in [0.05, 0.1) is 25.4 Å². The summed E-state index contributed by atoms with van der Waals surface area (Å²) in [6.45, 7) is 4.84. The van der Waals surface area contributed by atoms with E-state index in [1.807, 2.05) is 0 Å². The maximum Gasteiger partial charge on any atom is 0.305 e. The van der Waals surface area contributed by atoms with Gasteiger partial charge in [-0.3, -0.25) is 9.59 Å². The van der Waals surface area contributed by atoms with Crippen LogP contribution < -0.4 is 5.32 Å². The van der Waals surface area contributed by atoms with E-state index in [-0.39, 0.29) is 18.5 Å². The Kier molecular flexibility index (Phi) is 51.1. The summed E-state index contributed by atoms with van der Waals surface area (Å²) in [5.41, 5.74) is 0. The Labute approximate surface area is 392 Å². The van der Waals surface area contributed by atoms with Crippen molar-refractivity contribution in [3.63, 3.8) is 0 Å². The highest BCUT2D eigenvalue weighted by Gasteiger charge is 2.20. The molecule has 0 aliphatic carbocycles. The molecule has 0 bridgehead atoms. The van der Waals surface area contributed by atoms with E-state index >= 15 is 0 Å². The van der Waals surface area contributed by atoms with Gasteiger partial charge in [0.25, 0.3) is 0 Å². The molecule has 0 spiro atoms. The smallest absolute Gasteiger partial charge is 0.305 e. The number of ether oxygens (including phenoxy) is 1. The fourth-order valence-electron chi connectivity index (χ4n) is 8.36. The number of hydrogen-bond acceptors (Lipinski definition) is 5. The van der Waals surface area contributed by atoms with Gasteiger partial charge in [0.2, 0.25) is 5.91 Å². The van der Waals surface area contributed by atoms with Crippen molar-refractivity contribution in [2.24, 2.45) is 0 Å². The Morgan fingerprint density at radius 1 is 0.444 bits per heavy atom. The first-order valence-corrected chi connectivity index (χ1v) is 27.7. The van der Waals surface area contributed by atoms with E-state index in [2.05, 4.69) is 55.6 Å². The number of esters is 1. The Hall–Kier alpha value is -1.92. The number of carbonyl (C=O) groups excluding carboxylic acids is 2. The molecule has 0 aliphatic rings. The van der Waals surface area contributed by atoms with Gasteiger partial charge in [-0.25, -0.2) is 0 Å². The maximum atomic E-state index is 12.5. The van der Waals surface area contributed by atoms with Gasteiger partial charge in [0.1, 0.15) is 0 Å². The third-order valence-corrected chi connectivity index (χ3v) is 12.7. The molecule has 0 aromatic rings. The molecule has 3 N–H and O–H groups in total. The van der Waals surface area contributed by atoms with E-state index in [0.717, 1.165) is 96.3 Å². The lowest BCUT2D eigenvalue weighted by Crippen LogP contribution is -2.45. The third-order valence-electron chi connectivity index (χ3n) is 12.7. The minimum atomic E-state index is -0.684. The van der Waals surface area contributed by atoms with E-state index < -0.39 is 12.1 Å². The number of allylic oxidation sites excluding steroid dienone is 6. The molecular weight excluding hydrogens is 779 g/mol. The molecule has 2 unspecified atom stereocenters. The van der Waals surface area contributed by atoms with E-state index in [9.17, 15) is 19.8 Å². The van der Waals surface area contributed by atoms with E-state index in [0.29, 0.717) is 25.9 Å². The number of rotatable bonds is 51. The standard InChI is InChI=1S/C57H107NO5/c1-3-5-7-9-11-13-15-17-19-20-21-22-23-24-25-26-29-33-37-41-45-49-55(60)54(53-59)58-56(61)50-46-42-38-34-30-28-32-36-40-44-48-52-63-57(62)51-47-43-39-35-31-27-18-16-14-12-10-8-6-4-2/h10,12,16,18,32,36,54-55,59-60H,3-9,11,13-15,17,19-31,33-35,37-53H2,1-2H3,(H,58,61)/b12-10-,18-16-,36-32-. The van der Waals surface area contributed by atoms with Crippen molar-refractivity contribution in [1.29, 1.82) is 0 Å². The summed E-state index contributed by atoms with van der Waals surface area (Å²) in [6.07, 6.45) is 64.1. The molecule has 0 fully saturated rings. The van der Waals surface area contributed by atoms with Crippen molar-refractivity contribution in [3.8, 4) is 0 Å². The van der Waals surface area contributed by atoms with Crippen LogP contribution in [0.4, 0.5) is 0 Å². The van der Waals surface area contributed by atoms with Crippen molar-refractivity contribution in [2.75, 3.05) is 13.2 Å². The van der Waals surface area contributed by atoms with Gasteiger partial charge < -0.3 is 20.3 Å². The third kappa shape index (κ3) is 49.4. The van der Waals surface area contributed by atoms with Crippen molar-refractivity contribution in [2.45, 2.75) is 302 Å². The van der Waals surface area contributed by atoms with Crippen LogP contribution in [-0.4, -0.2) is 47.4 Å². The van der Waals surface area contributed by atoms with Gasteiger partial charge in [-0.1, -0.05) is 237 Å². The molecular formula is C57H107NO5. The zero-order valence-corrected chi connectivity index (χ0v) is 42.1. The highest BCUT2D eigenvalue weighted by atomic mass is 16.5. The molecule has 0 aliphatic heterocycles. The first-order chi connectivity index (χ1) is 31.0. The number of aliphatic hydroxyl groups excluding tert-OH is 2. The lowest BCUT2D eigenvalue weighted by Gasteiger charge is -2.22. The largest absolute Gasteiger partial charge is 0.466 e. The molecule has 0 aromatic carbocycles. The molecule has 63 heavy (non-hydrogen) atoms. The molecule has 0 radical (unpaired) electrons. The zero-order chi connectivity index (χ0) is 45.8. The first-order valence-electron chi connectivity index (χ1n) is 27.7. The zero-order valence-electron chi connectivity index (χ0n) is 42.1. The predicted octanol–water partition coefficient (Wildman–Crippen LogP) is 16.9. The fraction of sp³-hybridized carbons (Fsp3) is 0.860. The van der Waals surface area contributed by atoms with Gasteiger partial charge in [0.15, 0.2) is 0 Å². The molecule has 0 saturated heterocycles. The summed E-state index contributed by atoms with van der Waals surface area (Å²) in [6, 6.07) is -0.565. The molecule has 6 heteroatoms. The molecule has 0 heterocycles. The van der Waals surface area contributed by atoms with E-state index in [1.165, 1.54) is 161 Å². The van der Waals surface area contributed by atoms with E-state index in [4.69, 9.17) is 4.74 Å². The van der Waals surface area contributed by atoms with Crippen LogP contribution in [-0.2, 0) is 14.3 Å². The number of nitrogens with one attached hydrogen (secondary N) is 1. The summed E-state index contributed by atoms with van der Waals surface area (Å²) in [4.78, 5) is 24.5. The van der Waals surface area contributed by atoms with Gasteiger partial charge >= 0.3 is 5.97 Å². The van der Waals surface area contributed by atoms with Gasteiger partial charge in [0, 0.05) is 12.8 Å². The monoisotopic (exact) mass is 886 g/mol. The second kappa shape index (κ2) is 52.7. The summed E-state index contributed by atoms with van der Waals surface area (Å²) in [5.74, 6) is -0.109. The topological polar surface area (TPSA) is 95.9 Å². The molecule has 0 rings (SSSR count). The van der Waals surface area contributed by atoms with Gasteiger partial charge in [-0.15, -0.1) is 0 Å². The maximum absolute atomic E-state index is 12.5. The predicted molar refractivity (Wildman–Crippen MR) is 273 cm³/mol. The van der Waals surface area contributed by atoms with Crippen LogP contribution in [0.2, 0.25) is 0 Å². The van der Waals surface area contributed by atoms with Crippen molar-refractivity contribution in [1.82, 2.24) is 5.32 Å². The quantitative estimate of drug-likeness (QED) is 0.0321. The Balaban J connectivity index is 3.52. The first kappa shape index (κ1) is 61.1. The minimum Gasteiger partial charge on any atom is -0.466 e. The van der Waals surface area contributed by atoms with Crippen LogP contribution in [0.1, 0.15) is 290 Å². The second-order valence-electron chi connectivity index (χ2n) is 18.9. The lowest BCUT2D eigenvalue weighted by molar-refractivity contribution is -0.143. The lowest BCUT2D eigenvalue weighted by atomic mass is 10.0. The van der Waals surface area contributed by atoms with Crippen molar-refractivity contribution < 1.29 is 24.5 Å². The fourth-order valence-corrected chi connectivity index (χ4v) is 8.36. The number of amides is 1. The molecule has 0 aromatic heterocycles. The molecule has 370 valence electrons. The number of aliphatic hydroxyl groups is 2. The van der Waals surface area contributed by atoms with Crippen LogP contribution in [0, 0.1) is 0 Å².